The number of hydrogen-bond acceptors (Lipinski definition) is 3. The Labute approximate surface area is 131 Å². The van der Waals surface area contributed by atoms with Crippen LogP contribution in [-0.4, -0.2) is 34.2 Å². The molecule has 0 saturated carbocycles. The second kappa shape index (κ2) is 11.1. The van der Waals surface area contributed by atoms with Crippen LogP contribution in [0.5, 0.6) is 0 Å². The zero-order valence-electron chi connectivity index (χ0n) is 10.9. The molecule has 0 bridgehead atoms. The molecular weight excluding hydrogens is 462 g/mol. The molecule has 0 saturated heterocycles. The SMILES string of the molecule is CCc1cc([N-]C)c(C(=O)OC)s1.C[N-]C.[U+2]. The fourth-order valence-corrected chi connectivity index (χ4v) is 2.01. The second-order valence-corrected chi connectivity index (χ2v) is 4.08. The van der Waals surface area contributed by atoms with Gasteiger partial charge in [0.05, 0.1) is 12.0 Å². The average molecular weight is 480 g/mol. The van der Waals surface area contributed by atoms with Crippen LogP contribution in [0.15, 0.2) is 6.07 Å². The van der Waals surface area contributed by atoms with Crippen LogP contribution < -0.4 is 0 Å². The van der Waals surface area contributed by atoms with Crippen LogP contribution in [0.2, 0.25) is 0 Å². The van der Waals surface area contributed by atoms with E-state index in [-0.39, 0.29) is 37.1 Å². The molecule has 0 unspecified atom stereocenters. The summed E-state index contributed by atoms with van der Waals surface area (Å²) < 4.78 is 4.65. The molecule has 17 heavy (non-hydrogen) atoms. The summed E-state index contributed by atoms with van der Waals surface area (Å²) in [5.74, 6) is -0.301. The molecule has 1 aromatic rings. The molecule has 0 aliphatic carbocycles. The van der Waals surface area contributed by atoms with E-state index in [1.54, 1.807) is 21.1 Å². The monoisotopic (exact) mass is 480 g/mol. The molecule has 0 atom stereocenters. The first-order valence-electron chi connectivity index (χ1n) is 4.93. The van der Waals surface area contributed by atoms with Gasteiger partial charge in [-0.2, -0.15) is 14.1 Å². The van der Waals surface area contributed by atoms with Crippen molar-refractivity contribution in [2.75, 3.05) is 28.3 Å². The summed E-state index contributed by atoms with van der Waals surface area (Å²) in [4.78, 5) is 13.0. The molecule has 0 spiro atoms. The number of rotatable bonds is 3. The Kier molecular flexibility index (Phi) is 12.6. The topological polar surface area (TPSA) is 54.5 Å². The molecule has 6 heteroatoms. The van der Waals surface area contributed by atoms with Crippen LogP contribution in [-0.2, 0) is 11.2 Å². The fourth-order valence-electron chi connectivity index (χ4n) is 1.01. The summed E-state index contributed by atoms with van der Waals surface area (Å²) in [6.07, 6.45) is 0.921. The number of methoxy groups -OCH3 is 1. The van der Waals surface area contributed by atoms with Crippen LogP contribution in [0, 0.1) is 31.1 Å². The van der Waals surface area contributed by atoms with Gasteiger partial charge in [0.2, 0.25) is 0 Å². The molecule has 1 rings (SSSR count). The summed E-state index contributed by atoms with van der Waals surface area (Å²) in [6.45, 7) is 2.05. The van der Waals surface area contributed by atoms with Crippen molar-refractivity contribution in [1.29, 1.82) is 0 Å². The Morgan fingerprint density at radius 1 is 1.41 bits per heavy atom. The average Bonchev–Trinajstić information content (AvgIpc) is 2.72. The quantitative estimate of drug-likeness (QED) is 0.624. The minimum Gasteiger partial charge on any atom is -0.686 e. The molecule has 0 amide bonds. The molecule has 4 nitrogen and oxygen atoms in total. The first-order valence-corrected chi connectivity index (χ1v) is 5.74. The van der Waals surface area contributed by atoms with Gasteiger partial charge in [0.25, 0.3) is 0 Å². The maximum absolute atomic E-state index is 11.3. The molecular formula is C11H18N2O2SU. The third-order valence-corrected chi connectivity index (χ3v) is 2.97. The molecule has 0 aromatic carbocycles. The minimum atomic E-state index is -0.301. The third kappa shape index (κ3) is 6.47. The number of aryl methyl sites for hydroxylation is 1. The number of thiophene rings is 1. The maximum Gasteiger partial charge on any atom is 2.00 e. The molecule has 0 N–H and O–H groups in total. The van der Waals surface area contributed by atoms with Crippen LogP contribution in [0.1, 0.15) is 21.5 Å². The zero-order valence-corrected chi connectivity index (χ0v) is 15.9. The van der Waals surface area contributed by atoms with E-state index in [4.69, 9.17) is 0 Å². The van der Waals surface area contributed by atoms with Crippen LogP contribution in [0.25, 0.3) is 10.6 Å². The van der Waals surface area contributed by atoms with Crippen molar-refractivity contribution in [1.82, 2.24) is 0 Å². The van der Waals surface area contributed by atoms with Crippen molar-refractivity contribution >= 4 is 23.0 Å². The summed E-state index contributed by atoms with van der Waals surface area (Å²) in [5.41, 5.74) is 0.730. The maximum atomic E-state index is 11.3. The van der Waals surface area contributed by atoms with Crippen molar-refractivity contribution in [3.05, 3.63) is 26.5 Å². The van der Waals surface area contributed by atoms with Crippen molar-refractivity contribution in [3.63, 3.8) is 0 Å². The smallest absolute Gasteiger partial charge is 0.686 e. The van der Waals surface area contributed by atoms with Gasteiger partial charge in [0.15, 0.2) is 0 Å². The molecule has 0 fully saturated rings. The zero-order chi connectivity index (χ0) is 12.6. The van der Waals surface area contributed by atoms with Gasteiger partial charge in [0, 0.05) is 4.88 Å². The summed E-state index contributed by atoms with van der Waals surface area (Å²) >= 11 is 1.45. The van der Waals surface area contributed by atoms with E-state index in [1.807, 2.05) is 13.0 Å². The Morgan fingerprint density at radius 2 is 1.94 bits per heavy atom. The second-order valence-electron chi connectivity index (χ2n) is 2.94. The van der Waals surface area contributed by atoms with E-state index in [9.17, 15) is 4.79 Å². The molecule has 0 radical (unpaired) electrons. The van der Waals surface area contributed by atoms with Crippen molar-refractivity contribution in [3.8, 4) is 0 Å². The molecule has 1 heterocycles. The number of ether oxygens (including phenoxy) is 1. The normalized spacial score (nSPS) is 8.53. The molecule has 0 aliphatic rings. The van der Waals surface area contributed by atoms with Gasteiger partial charge in [-0.15, -0.1) is 24.1 Å². The van der Waals surface area contributed by atoms with Crippen LogP contribution in [0.4, 0.5) is 5.69 Å². The number of nitrogens with zero attached hydrogens (tertiary/aromatic N) is 2. The van der Waals surface area contributed by atoms with Gasteiger partial charge in [-0.3, -0.25) is 0 Å². The Bertz CT molecular complexity index is 329. The summed E-state index contributed by atoms with van der Waals surface area (Å²) in [5, 5.41) is 7.52. The van der Waals surface area contributed by atoms with Gasteiger partial charge in [-0.1, -0.05) is 13.0 Å². The van der Waals surface area contributed by atoms with Crippen molar-refractivity contribution < 1.29 is 40.6 Å². The van der Waals surface area contributed by atoms with Gasteiger partial charge >= 0.3 is 37.1 Å². The number of carbonyl (C=O) groups is 1. The minimum absolute atomic E-state index is 0. The number of esters is 1. The standard InChI is InChI=1S/C9H13NO2S.C2H6N.U/c1-4-6-5-7(10-2)8(13-6)9(11)12-3;1-3-2;/h5H,4H2,1-3H3,(H,10,11);1-2H3;/q;-1;+2/p-1. The number of hydrogen-bond donors (Lipinski definition) is 0. The van der Waals surface area contributed by atoms with Crippen LogP contribution in [0.3, 0.4) is 0 Å². The van der Waals surface area contributed by atoms with Gasteiger partial charge < -0.3 is 15.4 Å². The summed E-state index contributed by atoms with van der Waals surface area (Å²) in [7, 11) is 6.56. The van der Waals surface area contributed by atoms with E-state index >= 15 is 0 Å². The van der Waals surface area contributed by atoms with E-state index in [0.717, 1.165) is 17.0 Å². The van der Waals surface area contributed by atoms with E-state index in [2.05, 4.69) is 15.4 Å². The van der Waals surface area contributed by atoms with Crippen molar-refractivity contribution in [2.45, 2.75) is 13.3 Å². The molecule has 94 valence electrons. The predicted molar refractivity (Wildman–Crippen MR) is 69.2 cm³/mol. The Balaban J connectivity index is 0. The number of carbonyl (C=O) groups excluding carboxylic acids is 1. The summed E-state index contributed by atoms with van der Waals surface area (Å²) in [6, 6.07) is 1.93. The van der Waals surface area contributed by atoms with E-state index in [0.29, 0.717) is 4.88 Å². The van der Waals surface area contributed by atoms with Gasteiger partial charge in [-0.05, 0) is 6.42 Å². The third-order valence-electron chi connectivity index (χ3n) is 1.72. The molecule has 1 aromatic heterocycles. The first-order chi connectivity index (χ1) is 7.64. The predicted octanol–water partition coefficient (Wildman–Crippen LogP) is 3.35. The largest absolute Gasteiger partial charge is 2.00 e. The van der Waals surface area contributed by atoms with Gasteiger partial charge in [0.1, 0.15) is 0 Å². The Hall–Kier alpha value is -0.0181. The Morgan fingerprint density at radius 3 is 2.29 bits per heavy atom. The van der Waals surface area contributed by atoms with Crippen LogP contribution >= 0.6 is 11.3 Å². The molecule has 0 aliphatic heterocycles. The van der Waals surface area contributed by atoms with Crippen molar-refractivity contribution in [2.24, 2.45) is 0 Å². The fraction of sp³-hybridized carbons (Fsp3) is 0.545. The van der Waals surface area contributed by atoms with Gasteiger partial charge in [-0.25, -0.2) is 4.79 Å². The van der Waals surface area contributed by atoms with E-state index < -0.39 is 0 Å². The van der Waals surface area contributed by atoms with E-state index in [1.165, 1.54) is 18.4 Å². The first kappa shape index (κ1) is 19.3.